The van der Waals surface area contributed by atoms with Crippen molar-refractivity contribution in [2.45, 2.75) is 33.6 Å². The average molecular weight is 409 g/mol. The third kappa shape index (κ3) is 3.61. The largest absolute Gasteiger partial charge is 0.338 e. The van der Waals surface area contributed by atoms with Gasteiger partial charge in [0.05, 0.1) is 8.66 Å². The number of carbonyl (C=O) groups is 1. The van der Waals surface area contributed by atoms with E-state index in [9.17, 15) is 4.79 Å². The Morgan fingerprint density at radius 3 is 2.32 bits per heavy atom. The normalized spacial score (nSPS) is 17.8. The van der Waals surface area contributed by atoms with Crippen LogP contribution in [0.5, 0.6) is 0 Å². The van der Waals surface area contributed by atoms with Gasteiger partial charge in [-0.25, -0.2) is 0 Å². The minimum absolute atomic E-state index is 0.170. The van der Waals surface area contributed by atoms with Crippen molar-refractivity contribution in [1.29, 1.82) is 0 Å². The molecule has 1 fully saturated rings. The molecular formula is C14H19Br2NOS. The Balaban J connectivity index is 2.00. The topological polar surface area (TPSA) is 20.3 Å². The molecule has 0 N–H and O–H groups in total. The van der Waals surface area contributed by atoms with Gasteiger partial charge in [0, 0.05) is 17.6 Å². The summed E-state index contributed by atoms with van der Waals surface area (Å²) in [5.74, 6) is 0.891. The first-order valence-electron chi connectivity index (χ1n) is 6.53. The fraction of sp³-hybridized carbons (Fsp3) is 0.643. The Bertz CT molecular complexity index is 451. The molecule has 1 aromatic heterocycles. The summed E-state index contributed by atoms with van der Waals surface area (Å²) in [5, 5.41) is 0. The first-order chi connectivity index (χ1) is 8.79. The van der Waals surface area contributed by atoms with Gasteiger partial charge in [-0.3, -0.25) is 4.79 Å². The average Bonchev–Trinajstić information content (AvgIpc) is 2.68. The number of hydrogen-bond donors (Lipinski definition) is 0. The lowest BCUT2D eigenvalue weighted by molar-refractivity contribution is 0.0613. The van der Waals surface area contributed by atoms with Crippen LogP contribution in [0.3, 0.4) is 0 Å². The van der Waals surface area contributed by atoms with Crippen LogP contribution in [0.1, 0.15) is 43.3 Å². The van der Waals surface area contributed by atoms with E-state index in [1.165, 1.54) is 11.3 Å². The Morgan fingerprint density at radius 1 is 1.32 bits per heavy atom. The molecule has 0 spiro atoms. The van der Waals surface area contributed by atoms with Crippen LogP contribution in [0.25, 0.3) is 0 Å². The highest BCUT2D eigenvalue weighted by Crippen LogP contribution is 2.36. The number of amides is 1. The van der Waals surface area contributed by atoms with E-state index in [0.717, 1.165) is 45.0 Å². The molecule has 106 valence electrons. The Labute approximate surface area is 135 Å². The summed E-state index contributed by atoms with van der Waals surface area (Å²) in [6.45, 7) is 8.65. The van der Waals surface area contributed by atoms with Crippen LogP contribution in [0, 0.1) is 11.3 Å². The first kappa shape index (κ1) is 15.5. The lowest BCUT2D eigenvalue weighted by Gasteiger charge is -2.38. The fourth-order valence-corrected chi connectivity index (χ4v) is 4.56. The Hall–Kier alpha value is 0.130. The Kier molecular flexibility index (Phi) is 4.79. The van der Waals surface area contributed by atoms with Gasteiger partial charge in [-0.2, -0.15) is 0 Å². The van der Waals surface area contributed by atoms with E-state index in [-0.39, 0.29) is 5.91 Å². The second-order valence-corrected chi connectivity index (χ2v) is 9.39. The van der Waals surface area contributed by atoms with Crippen LogP contribution in [0.15, 0.2) is 14.3 Å². The Morgan fingerprint density at radius 2 is 1.89 bits per heavy atom. The van der Waals surface area contributed by atoms with Gasteiger partial charge in [-0.15, -0.1) is 11.3 Å². The lowest BCUT2D eigenvalue weighted by atomic mass is 9.75. The van der Waals surface area contributed by atoms with Gasteiger partial charge in [0.25, 0.3) is 5.91 Å². The number of carbonyl (C=O) groups excluding carboxylic acids is 1. The molecule has 1 saturated heterocycles. The maximum absolute atomic E-state index is 12.4. The van der Waals surface area contributed by atoms with Crippen molar-refractivity contribution < 1.29 is 4.79 Å². The molecule has 0 bridgehead atoms. The molecule has 0 atom stereocenters. The number of halogens is 2. The van der Waals surface area contributed by atoms with Gasteiger partial charge < -0.3 is 4.90 Å². The molecule has 1 aliphatic rings. The minimum atomic E-state index is 0.170. The second kappa shape index (κ2) is 5.86. The fourth-order valence-electron chi connectivity index (χ4n) is 2.56. The van der Waals surface area contributed by atoms with E-state index < -0.39 is 0 Å². The quantitative estimate of drug-likeness (QED) is 0.627. The number of hydrogen-bond acceptors (Lipinski definition) is 2. The van der Waals surface area contributed by atoms with Gasteiger partial charge in [0.2, 0.25) is 0 Å². The molecule has 0 aliphatic carbocycles. The molecule has 0 saturated carbocycles. The second-order valence-electron chi connectivity index (χ2n) is 6.16. The van der Waals surface area contributed by atoms with Gasteiger partial charge in [-0.1, -0.05) is 20.8 Å². The summed E-state index contributed by atoms with van der Waals surface area (Å²) in [7, 11) is 0. The molecule has 1 aromatic rings. The van der Waals surface area contributed by atoms with Crippen LogP contribution in [0.4, 0.5) is 0 Å². The molecule has 0 unspecified atom stereocenters. The van der Waals surface area contributed by atoms with Gasteiger partial charge in [0.1, 0.15) is 0 Å². The third-order valence-corrected chi connectivity index (χ3v) is 7.11. The molecule has 0 radical (unpaired) electrons. The molecular weight excluding hydrogens is 390 g/mol. The van der Waals surface area contributed by atoms with Crippen molar-refractivity contribution in [2.24, 2.45) is 11.3 Å². The summed E-state index contributed by atoms with van der Waals surface area (Å²) >= 11 is 8.38. The molecule has 5 heteroatoms. The summed E-state index contributed by atoms with van der Waals surface area (Å²) in [6.07, 6.45) is 2.23. The van der Waals surface area contributed by atoms with Gasteiger partial charge >= 0.3 is 0 Å². The van der Waals surface area contributed by atoms with Gasteiger partial charge in [-0.05, 0) is 62.1 Å². The molecule has 1 amide bonds. The van der Waals surface area contributed by atoms with E-state index in [0.29, 0.717) is 5.41 Å². The predicted molar refractivity (Wildman–Crippen MR) is 87.8 cm³/mol. The molecule has 1 aliphatic heterocycles. The lowest BCUT2D eigenvalue weighted by Crippen LogP contribution is -2.41. The molecule has 0 aromatic carbocycles. The van der Waals surface area contributed by atoms with Crippen LogP contribution >= 0.6 is 43.2 Å². The van der Waals surface area contributed by atoms with E-state index in [1.54, 1.807) is 0 Å². The first-order valence-corrected chi connectivity index (χ1v) is 8.93. The van der Waals surface area contributed by atoms with E-state index in [1.807, 2.05) is 11.0 Å². The number of nitrogens with zero attached hydrogens (tertiary/aromatic N) is 1. The van der Waals surface area contributed by atoms with Crippen LogP contribution in [0.2, 0.25) is 0 Å². The maximum Gasteiger partial charge on any atom is 0.264 e. The SMILES string of the molecule is CC(C)(C)C1CCN(C(=O)c2cc(Br)c(Br)s2)CC1. The summed E-state index contributed by atoms with van der Waals surface area (Å²) < 4.78 is 1.95. The third-order valence-electron chi connectivity index (χ3n) is 3.86. The van der Waals surface area contributed by atoms with Crippen molar-refractivity contribution in [3.05, 3.63) is 19.2 Å². The zero-order valence-corrected chi connectivity index (χ0v) is 15.5. The molecule has 2 rings (SSSR count). The maximum atomic E-state index is 12.4. The van der Waals surface area contributed by atoms with E-state index in [2.05, 4.69) is 52.6 Å². The zero-order chi connectivity index (χ0) is 14.2. The highest BCUT2D eigenvalue weighted by atomic mass is 79.9. The van der Waals surface area contributed by atoms with Crippen LogP contribution < -0.4 is 0 Å². The van der Waals surface area contributed by atoms with Crippen molar-refractivity contribution in [1.82, 2.24) is 4.90 Å². The summed E-state index contributed by atoms with van der Waals surface area (Å²) in [6, 6.07) is 1.91. The van der Waals surface area contributed by atoms with E-state index >= 15 is 0 Å². The highest BCUT2D eigenvalue weighted by Gasteiger charge is 2.31. The van der Waals surface area contributed by atoms with Gasteiger partial charge in [0.15, 0.2) is 0 Å². The van der Waals surface area contributed by atoms with Crippen molar-refractivity contribution >= 4 is 49.1 Å². The number of rotatable bonds is 1. The zero-order valence-electron chi connectivity index (χ0n) is 11.5. The molecule has 19 heavy (non-hydrogen) atoms. The standard InChI is InChI=1S/C14H19Br2NOS/c1-14(2,3)9-4-6-17(7-5-9)13(18)11-8-10(15)12(16)19-11/h8-9H,4-7H2,1-3H3. The van der Waals surface area contributed by atoms with Crippen LogP contribution in [-0.2, 0) is 0 Å². The smallest absolute Gasteiger partial charge is 0.264 e. The number of thiophene rings is 1. The van der Waals surface area contributed by atoms with Crippen molar-refractivity contribution in [3.63, 3.8) is 0 Å². The summed E-state index contributed by atoms with van der Waals surface area (Å²) in [5.41, 5.74) is 0.351. The number of piperidine rings is 1. The highest BCUT2D eigenvalue weighted by molar-refractivity contribution is 9.13. The van der Waals surface area contributed by atoms with E-state index in [4.69, 9.17) is 0 Å². The van der Waals surface area contributed by atoms with Crippen LogP contribution in [-0.4, -0.2) is 23.9 Å². The minimum Gasteiger partial charge on any atom is -0.338 e. The summed E-state index contributed by atoms with van der Waals surface area (Å²) in [4.78, 5) is 15.2. The van der Waals surface area contributed by atoms with Crippen molar-refractivity contribution in [2.75, 3.05) is 13.1 Å². The monoisotopic (exact) mass is 407 g/mol. The number of likely N-dealkylation sites (tertiary alicyclic amines) is 1. The predicted octanol–water partition coefficient (Wildman–Crippen LogP) is 5.17. The molecule has 2 heterocycles. The van der Waals surface area contributed by atoms with Crippen molar-refractivity contribution in [3.8, 4) is 0 Å². The molecule has 2 nitrogen and oxygen atoms in total.